The van der Waals surface area contributed by atoms with Gasteiger partial charge in [-0.3, -0.25) is 4.79 Å². The normalized spacial score (nSPS) is 11.2. The van der Waals surface area contributed by atoms with Crippen molar-refractivity contribution >= 4 is 27.6 Å². The van der Waals surface area contributed by atoms with Gasteiger partial charge in [0.25, 0.3) is 5.91 Å². The van der Waals surface area contributed by atoms with Crippen molar-refractivity contribution < 1.29 is 9.21 Å². The van der Waals surface area contributed by atoms with Crippen LogP contribution in [0.1, 0.15) is 22.5 Å². The highest BCUT2D eigenvalue weighted by molar-refractivity contribution is 6.08. The van der Waals surface area contributed by atoms with E-state index >= 15 is 0 Å². The molecule has 0 saturated heterocycles. The molecule has 1 aromatic heterocycles. The van der Waals surface area contributed by atoms with Crippen LogP contribution >= 0.6 is 0 Å². The number of rotatable bonds is 5. The lowest BCUT2D eigenvalue weighted by atomic mass is 10.1. The number of hydrogen-bond donors (Lipinski definition) is 2. The molecule has 2 aromatic carbocycles. The van der Waals surface area contributed by atoms with Gasteiger partial charge in [0.05, 0.1) is 0 Å². The quantitative estimate of drug-likeness (QED) is 0.711. The lowest BCUT2D eigenvalue weighted by Gasteiger charge is -2.03. The van der Waals surface area contributed by atoms with Crippen LogP contribution in [0.3, 0.4) is 0 Å². The fourth-order valence-electron chi connectivity index (χ4n) is 2.71. The number of hydrogen-bond acceptors (Lipinski definition) is 3. The highest BCUT2D eigenvalue weighted by Crippen LogP contribution is 2.31. The Morgan fingerprint density at radius 1 is 1.09 bits per heavy atom. The lowest BCUT2D eigenvalue weighted by molar-refractivity contribution is 0.0927. The predicted molar refractivity (Wildman–Crippen MR) is 89.3 cm³/mol. The third-order valence-electron chi connectivity index (χ3n) is 3.92. The zero-order valence-electron chi connectivity index (χ0n) is 12.9. The summed E-state index contributed by atoms with van der Waals surface area (Å²) in [6.45, 7) is 3.45. The summed E-state index contributed by atoms with van der Waals surface area (Å²) in [7, 11) is 1.90. The molecule has 0 fully saturated rings. The lowest BCUT2D eigenvalue weighted by Crippen LogP contribution is -2.26. The third-order valence-corrected chi connectivity index (χ3v) is 3.92. The van der Waals surface area contributed by atoms with Crippen molar-refractivity contribution in [2.45, 2.75) is 13.3 Å². The number of nitrogens with one attached hydrogen (secondary N) is 2. The number of aryl methyl sites for hydroxylation is 1. The second kappa shape index (κ2) is 6.20. The molecule has 0 unspecified atom stereocenters. The SMILES string of the molecule is CNCCCNC(=O)c1oc2c(ccc3ccccc32)c1C. The van der Waals surface area contributed by atoms with Crippen LogP contribution in [-0.4, -0.2) is 26.0 Å². The van der Waals surface area contributed by atoms with Crippen LogP contribution in [0.15, 0.2) is 40.8 Å². The topological polar surface area (TPSA) is 54.3 Å². The summed E-state index contributed by atoms with van der Waals surface area (Å²) in [5.41, 5.74) is 1.68. The Kier molecular flexibility index (Phi) is 4.11. The molecule has 0 radical (unpaired) electrons. The van der Waals surface area contributed by atoms with Gasteiger partial charge in [0.1, 0.15) is 5.58 Å². The van der Waals surface area contributed by atoms with E-state index in [1.54, 1.807) is 0 Å². The molecule has 0 atom stereocenters. The average molecular weight is 296 g/mol. The van der Waals surface area contributed by atoms with E-state index in [0.29, 0.717) is 12.3 Å². The maximum absolute atomic E-state index is 12.3. The van der Waals surface area contributed by atoms with Crippen LogP contribution in [0.5, 0.6) is 0 Å². The molecule has 0 bridgehead atoms. The summed E-state index contributed by atoms with van der Waals surface area (Å²) in [6.07, 6.45) is 0.893. The van der Waals surface area contributed by atoms with Crippen molar-refractivity contribution in [2.75, 3.05) is 20.1 Å². The van der Waals surface area contributed by atoms with Gasteiger partial charge in [0.15, 0.2) is 5.76 Å². The van der Waals surface area contributed by atoms with Gasteiger partial charge in [-0.15, -0.1) is 0 Å². The smallest absolute Gasteiger partial charge is 0.287 e. The van der Waals surface area contributed by atoms with E-state index < -0.39 is 0 Å². The largest absolute Gasteiger partial charge is 0.450 e. The number of carbonyl (C=O) groups is 1. The molecular weight excluding hydrogens is 276 g/mol. The Hall–Kier alpha value is -2.33. The fraction of sp³-hybridized carbons (Fsp3) is 0.278. The van der Waals surface area contributed by atoms with Crippen LogP contribution < -0.4 is 10.6 Å². The maximum Gasteiger partial charge on any atom is 0.287 e. The first kappa shape index (κ1) is 14.6. The Morgan fingerprint density at radius 3 is 2.73 bits per heavy atom. The van der Waals surface area contributed by atoms with Crippen LogP contribution in [0.4, 0.5) is 0 Å². The zero-order chi connectivity index (χ0) is 15.5. The number of benzene rings is 2. The van der Waals surface area contributed by atoms with Gasteiger partial charge in [-0.1, -0.05) is 36.4 Å². The molecule has 3 rings (SSSR count). The van der Waals surface area contributed by atoms with Crippen molar-refractivity contribution in [1.29, 1.82) is 0 Å². The molecule has 0 aliphatic rings. The summed E-state index contributed by atoms with van der Waals surface area (Å²) >= 11 is 0. The number of carbonyl (C=O) groups excluding carboxylic acids is 1. The van der Waals surface area contributed by atoms with Crippen LogP contribution in [-0.2, 0) is 0 Å². The van der Waals surface area contributed by atoms with Gasteiger partial charge in [-0.05, 0) is 32.3 Å². The van der Waals surface area contributed by atoms with E-state index in [-0.39, 0.29) is 5.91 Å². The minimum atomic E-state index is -0.145. The zero-order valence-corrected chi connectivity index (χ0v) is 12.9. The van der Waals surface area contributed by atoms with Gasteiger partial charge in [-0.25, -0.2) is 0 Å². The summed E-state index contributed by atoms with van der Waals surface area (Å²) < 4.78 is 5.90. The molecule has 2 N–H and O–H groups in total. The first-order chi connectivity index (χ1) is 10.7. The molecule has 0 saturated carbocycles. The molecule has 0 spiro atoms. The van der Waals surface area contributed by atoms with Crippen LogP contribution in [0.25, 0.3) is 21.7 Å². The molecular formula is C18H20N2O2. The number of fused-ring (bicyclic) bond motifs is 3. The summed E-state index contributed by atoms with van der Waals surface area (Å²) in [4.78, 5) is 12.3. The first-order valence-electron chi connectivity index (χ1n) is 7.56. The highest BCUT2D eigenvalue weighted by Gasteiger charge is 2.18. The van der Waals surface area contributed by atoms with E-state index in [1.165, 1.54) is 0 Å². The van der Waals surface area contributed by atoms with Crippen molar-refractivity contribution in [3.8, 4) is 0 Å². The Morgan fingerprint density at radius 2 is 1.91 bits per heavy atom. The van der Waals surface area contributed by atoms with E-state index in [4.69, 9.17) is 4.42 Å². The van der Waals surface area contributed by atoms with E-state index in [2.05, 4.69) is 16.7 Å². The van der Waals surface area contributed by atoms with Crippen molar-refractivity contribution in [3.05, 3.63) is 47.7 Å². The van der Waals surface area contributed by atoms with Crippen molar-refractivity contribution in [2.24, 2.45) is 0 Å². The third kappa shape index (κ3) is 2.57. The van der Waals surface area contributed by atoms with Crippen LogP contribution in [0, 0.1) is 6.92 Å². The monoisotopic (exact) mass is 296 g/mol. The van der Waals surface area contributed by atoms with Gasteiger partial charge in [0, 0.05) is 22.9 Å². The molecule has 0 aliphatic carbocycles. The molecule has 3 aromatic rings. The standard InChI is InChI=1S/C18H20N2O2/c1-12-14-9-8-13-6-3-4-7-15(13)17(14)22-16(12)18(21)20-11-5-10-19-2/h3-4,6-9,19H,5,10-11H2,1-2H3,(H,20,21). The Balaban J connectivity index is 1.95. The minimum Gasteiger partial charge on any atom is -0.450 e. The number of furan rings is 1. The molecule has 114 valence electrons. The first-order valence-corrected chi connectivity index (χ1v) is 7.56. The number of amides is 1. The fourth-order valence-corrected chi connectivity index (χ4v) is 2.71. The molecule has 0 aliphatic heterocycles. The van der Waals surface area contributed by atoms with Crippen molar-refractivity contribution in [1.82, 2.24) is 10.6 Å². The van der Waals surface area contributed by atoms with E-state index in [0.717, 1.165) is 40.3 Å². The minimum absolute atomic E-state index is 0.145. The molecule has 1 heterocycles. The Labute approximate surface area is 129 Å². The summed E-state index contributed by atoms with van der Waals surface area (Å²) in [6, 6.07) is 12.1. The van der Waals surface area contributed by atoms with Gasteiger partial charge >= 0.3 is 0 Å². The molecule has 4 nitrogen and oxygen atoms in total. The van der Waals surface area contributed by atoms with E-state index in [9.17, 15) is 4.79 Å². The summed E-state index contributed by atoms with van der Waals surface area (Å²) in [5.74, 6) is 0.268. The highest BCUT2D eigenvalue weighted by atomic mass is 16.3. The van der Waals surface area contributed by atoms with Gasteiger partial charge in [0.2, 0.25) is 0 Å². The van der Waals surface area contributed by atoms with Crippen LogP contribution in [0.2, 0.25) is 0 Å². The predicted octanol–water partition coefficient (Wildman–Crippen LogP) is 3.23. The molecule has 1 amide bonds. The molecule has 4 heteroatoms. The average Bonchev–Trinajstić information content (AvgIpc) is 2.89. The second-order valence-electron chi connectivity index (χ2n) is 5.43. The van der Waals surface area contributed by atoms with E-state index in [1.807, 2.05) is 44.3 Å². The second-order valence-corrected chi connectivity index (χ2v) is 5.43. The molecule has 22 heavy (non-hydrogen) atoms. The Bertz CT molecular complexity index is 820. The van der Waals surface area contributed by atoms with Gasteiger partial charge in [-0.2, -0.15) is 0 Å². The van der Waals surface area contributed by atoms with Crippen molar-refractivity contribution in [3.63, 3.8) is 0 Å². The maximum atomic E-state index is 12.3. The summed E-state index contributed by atoms with van der Waals surface area (Å²) in [5, 5.41) is 9.12. The van der Waals surface area contributed by atoms with Gasteiger partial charge < -0.3 is 15.1 Å².